The van der Waals surface area contributed by atoms with Crippen molar-refractivity contribution in [1.29, 1.82) is 0 Å². The van der Waals surface area contributed by atoms with Gasteiger partial charge in [-0.1, -0.05) is 23.7 Å². The predicted octanol–water partition coefficient (Wildman–Crippen LogP) is 2.97. The second-order valence-electron chi connectivity index (χ2n) is 6.42. The molecule has 0 aliphatic heterocycles. The van der Waals surface area contributed by atoms with Gasteiger partial charge in [-0.3, -0.25) is 0 Å². The van der Waals surface area contributed by atoms with Crippen LogP contribution in [0.2, 0.25) is 0 Å². The highest BCUT2D eigenvalue weighted by Crippen LogP contribution is 2.20. The van der Waals surface area contributed by atoms with Crippen molar-refractivity contribution >= 4 is 11.9 Å². The average Bonchev–Trinajstić information content (AvgIpc) is 3.09. The van der Waals surface area contributed by atoms with Crippen LogP contribution < -0.4 is 11.5 Å². The molecule has 7 heteroatoms. The van der Waals surface area contributed by atoms with E-state index in [1.807, 2.05) is 4.57 Å². The summed E-state index contributed by atoms with van der Waals surface area (Å²) < 4.78 is 16.3. The number of imidazole rings is 1. The summed E-state index contributed by atoms with van der Waals surface area (Å²) in [6, 6.07) is 4.83. The summed E-state index contributed by atoms with van der Waals surface area (Å²) in [6.07, 6.45) is 12.1. The molecule has 1 aliphatic carbocycles. The summed E-state index contributed by atoms with van der Waals surface area (Å²) in [7, 11) is 0. The van der Waals surface area contributed by atoms with E-state index in [9.17, 15) is 4.39 Å². The van der Waals surface area contributed by atoms with Gasteiger partial charge in [-0.2, -0.15) is 0 Å². The maximum atomic E-state index is 14.5. The lowest BCUT2D eigenvalue weighted by molar-refractivity contribution is 0.0328. The smallest absolute Gasteiger partial charge is 0.170 e. The first-order chi connectivity index (χ1) is 12.7. The SMILES string of the molecule is NC=Cc1nccn1Cc1ccc(C(N)=NOC2CCCCC2)cc1F. The van der Waals surface area contributed by atoms with Crippen LogP contribution in [-0.4, -0.2) is 21.5 Å². The van der Waals surface area contributed by atoms with Gasteiger partial charge in [-0.05, 0) is 44.0 Å². The fourth-order valence-corrected chi connectivity index (χ4v) is 3.07. The third-order valence-electron chi connectivity index (χ3n) is 4.53. The molecule has 26 heavy (non-hydrogen) atoms. The van der Waals surface area contributed by atoms with E-state index in [4.69, 9.17) is 16.3 Å². The molecule has 1 saturated carbocycles. The number of halogens is 1. The summed E-state index contributed by atoms with van der Waals surface area (Å²) in [5, 5.41) is 3.99. The Bertz CT molecular complexity index is 793. The summed E-state index contributed by atoms with van der Waals surface area (Å²) in [5.74, 6) is 0.503. The summed E-state index contributed by atoms with van der Waals surface area (Å²) >= 11 is 0. The average molecular weight is 357 g/mol. The topological polar surface area (TPSA) is 91.5 Å². The van der Waals surface area contributed by atoms with Gasteiger partial charge in [0, 0.05) is 23.5 Å². The van der Waals surface area contributed by atoms with E-state index >= 15 is 0 Å². The highest BCUT2D eigenvalue weighted by molar-refractivity contribution is 5.97. The molecule has 0 atom stereocenters. The Labute approximate surface area is 152 Å². The molecule has 1 fully saturated rings. The van der Waals surface area contributed by atoms with E-state index in [-0.39, 0.29) is 17.8 Å². The molecule has 1 heterocycles. The van der Waals surface area contributed by atoms with Crippen LogP contribution >= 0.6 is 0 Å². The third-order valence-corrected chi connectivity index (χ3v) is 4.53. The molecular weight excluding hydrogens is 333 g/mol. The van der Waals surface area contributed by atoms with Crippen molar-refractivity contribution < 1.29 is 9.23 Å². The van der Waals surface area contributed by atoms with Crippen molar-refractivity contribution in [3.63, 3.8) is 0 Å². The van der Waals surface area contributed by atoms with Crippen molar-refractivity contribution in [1.82, 2.24) is 9.55 Å². The number of hydrogen-bond acceptors (Lipinski definition) is 4. The van der Waals surface area contributed by atoms with Crippen LogP contribution in [0, 0.1) is 5.82 Å². The third kappa shape index (κ3) is 4.41. The minimum absolute atomic E-state index is 0.113. The van der Waals surface area contributed by atoms with Crippen molar-refractivity contribution in [2.75, 3.05) is 0 Å². The van der Waals surface area contributed by atoms with Crippen LogP contribution in [0.4, 0.5) is 4.39 Å². The van der Waals surface area contributed by atoms with Crippen LogP contribution in [0.3, 0.4) is 0 Å². The molecule has 3 rings (SSSR count). The Hall–Kier alpha value is -2.83. The van der Waals surface area contributed by atoms with Gasteiger partial charge in [0.25, 0.3) is 0 Å². The molecule has 1 aromatic heterocycles. The molecule has 0 saturated heterocycles. The molecule has 0 amide bonds. The number of aromatic nitrogens is 2. The summed E-state index contributed by atoms with van der Waals surface area (Å²) in [5.41, 5.74) is 12.4. The maximum Gasteiger partial charge on any atom is 0.170 e. The van der Waals surface area contributed by atoms with Gasteiger partial charge in [0.15, 0.2) is 5.84 Å². The second kappa shape index (κ2) is 8.51. The zero-order chi connectivity index (χ0) is 18.4. The zero-order valence-corrected chi connectivity index (χ0v) is 14.6. The first-order valence-electron chi connectivity index (χ1n) is 8.85. The fourth-order valence-electron chi connectivity index (χ4n) is 3.07. The van der Waals surface area contributed by atoms with Crippen molar-refractivity contribution in [2.24, 2.45) is 16.6 Å². The van der Waals surface area contributed by atoms with E-state index in [1.165, 1.54) is 18.7 Å². The Morgan fingerprint density at radius 2 is 2.15 bits per heavy atom. The molecule has 1 aliphatic rings. The summed E-state index contributed by atoms with van der Waals surface area (Å²) in [6.45, 7) is 0.349. The number of oxime groups is 1. The first-order valence-corrected chi connectivity index (χ1v) is 8.85. The van der Waals surface area contributed by atoms with Crippen molar-refractivity contribution in [3.8, 4) is 0 Å². The van der Waals surface area contributed by atoms with Crippen LogP contribution in [0.25, 0.3) is 6.08 Å². The number of hydrogen-bond donors (Lipinski definition) is 2. The molecule has 6 nitrogen and oxygen atoms in total. The zero-order valence-electron chi connectivity index (χ0n) is 14.6. The highest BCUT2D eigenvalue weighted by Gasteiger charge is 2.15. The van der Waals surface area contributed by atoms with Crippen molar-refractivity contribution in [3.05, 3.63) is 59.6 Å². The van der Waals surface area contributed by atoms with E-state index in [0.717, 1.165) is 25.7 Å². The van der Waals surface area contributed by atoms with Crippen molar-refractivity contribution in [2.45, 2.75) is 44.8 Å². The van der Waals surface area contributed by atoms with Gasteiger partial charge in [-0.15, -0.1) is 0 Å². The van der Waals surface area contributed by atoms with E-state index in [1.54, 1.807) is 30.6 Å². The summed E-state index contributed by atoms with van der Waals surface area (Å²) in [4.78, 5) is 9.67. The lowest BCUT2D eigenvalue weighted by Crippen LogP contribution is -2.19. The lowest BCUT2D eigenvalue weighted by atomic mass is 9.98. The lowest BCUT2D eigenvalue weighted by Gasteiger charge is -2.19. The Kier molecular flexibility index (Phi) is 5.88. The highest BCUT2D eigenvalue weighted by atomic mass is 19.1. The van der Waals surface area contributed by atoms with Gasteiger partial charge < -0.3 is 20.9 Å². The normalized spacial score (nSPS) is 16.3. The van der Waals surface area contributed by atoms with Crippen LogP contribution in [-0.2, 0) is 11.4 Å². The second-order valence-corrected chi connectivity index (χ2v) is 6.42. The van der Waals surface area contributed by atoms with Gasteiger partial charge >= 0.3 is 0 Å². The van der Waals surface area contributed by atoms with Gasteiger partial charge in [0.05, 0.1) is 6.54 Å². The molecule has 4 N–H and O–H groups in total. The molecule has 138 valence electrons. The number of nitrogens with two attached hydrogens (primary N) is 2. The maximum absolute atomic E-state index is 14.5. The Morgan fingerprint density at radius 3 is 2.88 bits per heavy atom. The molecule has 0 radical (unpaired) electrons. The molecule has 2 aromatic rings. The molecule has 0 bridgehead atoms. The number of rotatable bonds is 6. The standard InChI is InChI=1S/C19H24FN5O/c20-17-12-14(19(22)24-26-16-4-2-1-3-5-16)6-7-15(17)13-25-11-10-23-18(25)8-9-21/h6-12,16H,1-5,13,21H2,(H2,22,24). The number of benzene rings is 1. The monoisotopic (exact) mass is 357 g/mol. The van der Waals surface area contributed by atoms with Gasteiger partial charge in [0.1, 0.15) is 17.7 Å². The molecule has 0 unspecified atom stereocenters. The predicted molar refractivity (Wildman–Crippen MR) is 99.6 cm³/mol. The quantitative estimate of drug-likeness (QED) is 0.472. The largest absolute Gasteiger partial charge is 0.404 e. The molecule has 1 aromatic carbocycles. The van der Waals surface area contributed by atoms with Crippen LogP contribution in [0.1, 0.15) is 49.1 Å². The fraction of sp³-hybridized carbons (Fsp3) is 0.368. The van der Waals surface area contributed by atoms with E-state index in [0.29, 0.717) is 23.5 Å². The first kappa shape index (κ1) is 18.0. The van der Waals surface area contributed by atoms with Crippen LogP contribution in [0.15, 0.2) is 41.9 Å². The van der Waals surface area contributed by atoms with E-state index in [2.05, 4.69) is 10.1 Å². The number of nitrogens with zero attached hydrogens (tertiary/aromatic N) is 3. The van der Waals surface area contributed by atoms with Gasteiger partial charge in [-0.25, -0.2) is 9.37 Å². The Balaban J connectivity index is 1.69. The van der Waals surface area contributed by atoms with Crippen LogP contribution in [0.5, 0.6) is 0 Å². The molecular formula is C19H24FN5O. The minimum Gasteiger partial charge on any atom is -0.404 e. The number of amidine groups is 1. The molecule has 0 spiro atoms. The van der Waals surface area contributed by atoms with Gasteiger partial charge in [0.2, 0.25) is 0 Å². The van der Waals surface area contributed by atoms with E-state index < -0.39 is 0 Å². The Morgan fingerprint density at radius 1 is 1.35 bits per heavy atom. The minimum atomic E-state index is -0.352.